The van der Waals surface area contributed by atoms with Gasteiger partial charge in [-0.1, -0.05) is 91.0 Å². The summed E-state index contributed by atoms with van der Waals surface area (Å²) in [5.74, 6) is 0.337. The van der Waals surface area contributed by atoms with Gasteiger partial charge in [-0.05, 0) is 48.0 Å². The third kappa shape index (κ3) is 3.32. The summed E-state index contributed by atoms with van der Waals surface area (Å²) in [6, 6.07) is 41.2. The lowest BCUT2D eigenvalue weighted by Gasteiger charge is -2.25. The van der Waals surface area contributed by atoms with Crippen molar-refractivity contribution in [1.29, 1.82) is 0 Å². The number of benzene rings is 4. The van der Waals surface area contributed by atoms with Crippen LogP contribution in [0.2, 0.25) is 0 Å². The number of allylic oxidation sites excluding steroid dienone is 3. The van der Waals surface area contributed by atoms with Crippen molar-refractivity contribution >= 4 is 39.3 Å². The molecule has 6 aromatic rings. The molecule has 2 nitrogen and oxygen atoms in total. The van der Waals surface area contributed by atoms with E-state index in [1.54, 1.807) is 0 Å². The van der Waals surface area contributed by atoms with E-state index in [0.717, 1.165) is 22.5 Å². The molecule has 1 aliphatic carbocycles. The molecule has 0 amide bonds. The van der Waals surface area contributed by atoms with E-state index in [1.807, 2.05) is 17.8 Å². The van der Waals surface area contributed by atoms with Crippen molar-refractivity contribution in [3.63, 3.8) is 0 Å². The summed E-state index contributed by atoms with van der Waals surface area (Å²) < 4.78 is 2.49. The molecule has 0 N–H and O–H groups in total. The molecule has 2 aromatic heterocycles. The van der Waals surface area contributed by atoms with Gasteiger partial charge < -0.3 is 4.57 Å². The van der Waals surface area contributed by atoms with Gasteiger partial charge in [0.05, 0.1) is 22.4 Å². The summed E-state index contributed by atoms with van der Waals surface area (Å²) in [6.45, 7) is 0. The molecule has 4 aromatic carbocycles. The lowest BCUT2D eigenvalue weighted by Crippen LogP contribution is -2.16. The zero-order chi connectivity index (χ0) is 25.1. The average Bonchev–Trinajstić information content (AvgIpc) is 3.53. The monoisotopic (exact) mass is 504 g/mol. The smallest absolute Gasteiger partial charge is 0.0709 e. The summed E-state index contributed by atoms with van der Waals surface area (Å²) >= 11 is 1.98. The molecule has 3 heteroatoms. The number of hydrogen-bond acceptors (Lipinski definition) is 2. The Hall–Kier alpha value is -4.34. The molecule has 0 fully saturated rings. The van der Waals surface area contributed by atoms with Gasteiger partial charge in [0.25, 0.3) is 0 Å². The third-order valence-corrected chi connectivity index (χ3v) is 9.10. The zero-order valence-corrected chi connectivity index (χ0v) is 21.5. The van der Waals surface area contributed by atoms with Gasteiger partial charge in [-0.2, -0.15) is 0 Å². The molecular formula is C35H24N2S. The summed E-state index contributed by atoms with van der Waals surface area (Å²) in [4.78, 5) is 6.43. The molecule has 0 spiro atoms. The van der Waals surface area contributed by atoms with Crippen LogP contribution in [0.15, 0.2) is 138 Å². The zero-order valence-electron chi connectivity index (χ0n) is 20.7. The minimum absolute atomic E-state index is 0.337. The van der Waals surface area contributed by atoms with E-state index in [-0.39, 0.29) is 0 Å². The van der Waals surface area contributed by atoms with Crippen molar-refractivity contribution in [2.24, 2.45) is 0 Å². The summed E-state index contributed by atoms with van der Waals surface area (Å²) in [6.07, 6.45) is 6.91. The molecule has 0 bridgehead atoms. The third-order valence-electron chi connectivity index (χ3n) is 7.78. The van der Waals surface area contributed by atoms with E-state index >= 15 is 0 Å². The van der Waals surface area contributed by atoms with Crippen LogP contribution < -0.4 is 0 Å². The SMILES string of the molecule is C1=CC2Sc3ccccc3C2C(n2c3ccccc3c3cc(-c4cccc(-c5ccccc5)n4)ccc32)=C1. The highest BCUT2D eigenvalue weighted by atomic mass is 32.2. The van der Waals surface area contributed by atoms with Crippen LogP contribution in [0, 0.1) is 0 Å². The van der Waals surface area contributed by atoms with Gasteiger partial charge >= 0.3 is 0 Å². The van der Waals surface area contributed by atoms with Crippen molar-refractivity contribution in [1.82, 2.24) is 9.55 Å². The Morgan fingerprint density at radius 3 is 2.32 bits per heavy atom. The molecule has 1 aliphatic heterocycles. The highest BCUT2D eigenvalue weighted by Gasteiger charge is 2.37. The number of para-hydroxylation sites is 1. The number of rotatable bonds is 3. The Balaban J connectivity index is 1.31. The fourth-order valence-electron chi connectivity index (χ4n) is 6.07. The van der Waals surface area contributed by atoms with Gasteiger partial charge in [0, 0.05) is 43.7 Å². The van der Waals surface area contributed by atoms with Crippen LogP contribution in [0.25, 0.3) is 50.0 Å². The maximum Gasteiger partial charge on any atom is 0.0709 e. The number of pyridine rings is 1. The summed E-state index contributed by atoms with van der Waals surface area (Å²) in [7, 11) is 0. The van der Waals surface area contributed by atoms with Crippen LogP contribution in [-0.2, 0) is 0 Å². The second-order valence-electron chi connectivity index (χ2n) is 9.93. The Labute approximate surface area is 226 Å². The topological polar surface area (TPSA) is 17.8 Å². The van der Waals surface area contributed by atoms with E-state index in [0.29, 0.717) is 11.2 Å². The van der Waals surface area contributed by atoms with Crippen molar-refractivity contribution in [2.75, 3.05) is 0 Å². The van der Waals surface area contributed by atoms with Crippen molar-refractivity contribution in [2.45, 2.75) is 16.1 Å². The molecule has 180 valence electrons. The fourth-order valence-corrected chi connectivity index (χ4v) is 7.44. The Morgan fingerprint density at radius 2 is 1.39 bits per heavy atom. The lowest BCUT2D eigenvalue weighted by molar-refractivity contribution is 0.853. The Kier molecular flexibility index (Phi) is 4.92. The number of hydrogen-bond donors (Lipinski definition) is 0. The van der Waals surface area contributed by atoms with Gasteiger partial charge in [-0.15, -0.1) is 11.8 Å². The van der Waals surface area contributed by atoms with Crippen LogP contribution in [0.3, 0.4) is 0 Å². The number of fused-ring (bicyclic) bond motifs is 6. The first-order valence-electron chi connectivity index (χ1n) is 13.1. The van der Waals surface area contributed by atoms with Crippen molar-refractivity contribution in [3.05, 3.63) is 139 Å². The average molecular weight is 505 g/mol. The molecule has 0 saturated carbocycles. The fraction of sp³-hybridized carbons (Fsp3) is 0.0571. The van der Waals surface area contributed by atoms with Gasteiger partial charge in [0.1, 0.15) is 0 Å². The van der Waals surface area contributed by atoms with Gasteiger partial charge in [0.2, 0.25) is 0 Å². The van der Waals surface area contributed by atoms with E-state index in [4.69, 9.17) is 4.98 Å². The molecule has 2 unspecified atom stereocenters. The maximum atomic E-state index is 5.04. The van der Waals surface area contributed by atoms with E-state index in [9.17, 15) is 0 Å². The number of aromatic nitrogens is 2. The first-order chi connectivity index (χ1) is 18.8. The molecule has 2 atom stereocenters. The van der Waals surface area contributed by atoms with Crippen LogP contribution in [0.4, 0.5) is 0 Å². The Morgan fingerprint density at radius 1 is 0.632 bits per heavy atom. The quantitative estimate of drug-likeness (QED) is 0.239. The van der Waals surface area contributed by atoms with Crippen LogP contribution in [0.5, 0.6) is 0 Å². The van der Waals surface area contributed by atoms with Crippen molar-refractivity contribution < 1.29 is 0 Å². The van der Waals surface area contributed by atoms with E-state index in [2.05, 4.69) is 132 Å². The highest BCUT2D eigenvalue weighted by molar-refractivity contribution is 8.00. The predicted molar refractivity (Wildman–Crippen MR) is 160 cm³/mol. The molecule has 0 radical (unpaired) electrons. The van der Waals surface area contributed by atoms with E-state index in [1.165, 1.54) is 38.0 Å². The second-order valence-corrected chi connectivity index (χ2v) is 11.2. The first kappa shape index (κ1) is 21.7. The molecule has 38 heavy (non-hydrogen) atoms. The summed E-state index contributed by atoms with van der Waals surface area (Å²) in [5, 5.41) is 2.96. The lowest BCUT2D eigenvalue weighted by atomic mass is 9.89. The highest BCUT2D eigenvalue weighted by Crippen LogP contribution is 2.53. The number of thioether (sulfide) groups is 1. The van der Waals surface area contributed by atoms with Gasteiger partial charge in [-0.25, -0.2) is 4.98 Å². The van der Waals surface area contributed by atoms with Gasteiger partial charge in [0.15, 0.2) is 0 Å². The standard InChI is InChI=1S/C35H24N2S/c1-2-10-23(11-3-1)28-14-8-15-29(36-28)24-20-21-31-27(22-24)25-12-4-6-16-30(25)37(31)32-17-9-19-34-35(32)26-13-5-7-18-33(26)38-34/h1-22,34-35H. The Bertz CT molecular complexity index is 1910. The van der Waals surface area contributed by atoms with E-state index < -0.39 is 0 Å². The van der Waals surface area contributed by atoms with Crippen molar-refractivity contribution in [3.8, 4) is 22.5 Å². The second kappa shape index (κ2) is 8.61. The normalized spacial score (nSPS) is 17.9. The molecule has 2 aliphatic rings. The minimum Gasteiger partial charge on any atom is -0.312 e. The first-order valence-corrected chi connectivity index (χ1v) is 13.9. The minimum atomic E-state index is 0.337. The molecule has 8 rings (SSSR count). The van der Waals surface area contributed by atoms with Crippen LogP contribution >= 0.6 is 11.8 Å². The van der Waals surface area contributed by atoms with Crippen LogP contribution in [-0.4, -0.2) is 14.8 Å². The van der Waals surface area contributed by atoms with Gasteiger partial charge in [-0.3, -0.25) is 0 Å². The predicted octanol–water partition coefficient (Wildman–Crippen LogP) is 9.19. The molecule has 0 saturated heterocycles. The molecule has 3 heterocycles. The largest absolute Gasteiger partial charge is 0.312 e. The van der Waals surface area contributed by atoms with Crippen LogP contribution in [0.1, 0.15) is 11.5 Å². The summed E-state index contributed by atoms with van der Waals surface area (Å²) in [5.41, 5.74) is 9.52. The molecular weight excluding hydrogens is 480 g/mol. The maximum absolute atomic E-state index is 5.04. The number of nitrogens with zero attached hydrogens (tertiary/aromatic N) is 2.